The highest BCUT2D eigenvalue weighted by Crippen LogP contribution is 2.32. The SMILES string of the molecule is CCCCn1nc(C(=O)N(C)CC(O)C2CC2)ccc1=O. The van der Waals surface area contributed by atoms with Gasteiger partial charge in [0.05, 0.1) is 6.10 Å². The summed E-state index contributed by atoms with van der Waals surface area (Å²) in [6.45, 7) is 2.86. The van der Waals surface area contributed by atoms with Crippen LogP contribution in [0.2, 0.25) is 0 Å². The minimum Gasteiger partial charge on any atom is -0.391 e. The van der Waals surface area contributed by atoms with Gasteiger partial charge in [-0.25, -0.2) is 4.68 Å². The third kappa shape index (κ3) is 4.14. The molecule has 1 fully saturated rings. The summed E-state index contributed by atoms with van der Waals surface area (Å²) in [6.07, 6.45) is 3.40. The van der Waals surface area contributed by atoms with Crippen molar-refractivity contribution >= 4 is 5.91 Å². The lowest BCUT2D eigenvalue weighted by atomic mass is 10.2. The van der Waals surface area contributed by atoms with Crippen LogP contribution in [0.4, 0.5) is 0 Å². The number of aliphatic hydroxyl groups is 1. The van der Waals surface area contributed by atoms with Crippen molar-refractivity contribution in [2.24, 2.45) is 5.92 Å². The average Bonchev–Trinajstić information content (AvgIpc) is 3.30. The first-order chi connectivity index (χ1) is 10.0. The molecule has 1 heterocycles. The summed E-state index contributed by atoms with van der Waals surface area (Å²) in [7, 11) is 1.65. The Morgan fingerprint density at radius 1 is 1.52 bits per heavy atom. The normalized spacial score (nSPS) is 15.8. The summed E-state index contributed by atoms with van der Waals surface area (Å²) in [4.78, 5) is 25.5. The minimum absolute atomic E-state index is 0.194. The zero-order chi connectivity index (χ0) is 15.4. The smallest absolute Gasteiger partial charge is 0.274 e. The molecule has 1 N–H and O–H groups in total. The molecule has 1 saturated carbocycles. The maximum atomic E-state index is 12.3. The average molecular weight is 293 g/mol. The van der Waals surface area contributed by atoms with Crippen LogP contribution in [0.25, 0.3) is 0 Å². The first-order valence-corrected chi connectivity index (χ1v) is 7.54. The second-order valence-corrected chi connectivity index (χ2v) is 5.72. The summed E-state index contributed by atoms with van der Waals surface area (Å²) >= 11 is 0. The van der Waals surface area contributed by atoms with Crippen LogP contribution < -0.4 is 5.56 Å². The second kappa shape index (κ2) is 6.85. The number of likely N-dealkylation sites (N-methyl/N-ethyl adjacent to an activating group) is 1. The molecule has 1 aliphatic rings. The highest BCUT2D eigenvalue weighted by atomic mass is 16.3. The van der Waals surface area contributed by atoms with Gasteiger partial charge >= 0.3 is 0 Å². The lowest BCUT2D eigenvalue weighted by Gasteiger charge is -2.20. The predicted molar refractivity (Wildman–Crippen MR) is 79.1 cm³/mol. The molecule has 0 radical (unpaired) electrons. The molecule has 1 aliphatic carbocycles. The Hall–Kier alpha value is -1.69. The Morgan fingerprint density at radius 3 is 2.86 bits per heavy atom. The molecule has 1 aromatic heterocycles. The van der Waals surface area contributed by atoms with Crippen LogP contribution >= 0.6 is 0 Å². The molecule has 0 bridgehead atoms. The van der Waals surface area contributed by atoms with Crippen molar-refractivity contribution < 1.29 is 9.90 Å². The number of hydrogen-bond acceptors (Lipinski definition) is 4. The van der Waals surface area contributed by atoms with E-state index in [-0.39, 0.29) is 17.2 Å². The zero-order valence-corrected chi connectivity index (χ0v) is 12.7. The first kappa shape index (κ1) is 15.7. The van der Waals surface area contributed by atoms with Crippen LogP contribution in [0, 0.1) is 5.92 Å². The predicted octanol–water partition coefficient (Wildman–Crippen LogP) is 0.886. The Morgan fingerprint density at radius 2 is 2.24 bits per heavy atom. The Labute approximate surface area is 124 Å². The summed E-state index contributed by atoms with van der Waals surface area (Å²) in [5, 5.41) is 14.0. The zero-order valence-electron chi connectivity index (χ0n) is 12.7. The van der Waals surface area contributed by atoms with Crippen molar-refractivity contribution in [1.82, 2.24) is 14.7 Å². The van der Waals surface area contributed by atoms with Crippen molar-refractivity contribution in [3.63, 3.8) is 0 Å². The van der Waals surface area contributed by atoms with Crippen LogP contribution in [0.3, 0.4) is 0 Å². The quantitative estimate of drug-likeness (QED) is 0.810. The number of amides is 1. The van der Waals surface area contributed by atoms with Gasteiger partial charge in [-0.15, -0.1) is 0 Å². The molecule has 6 heteroatoms. The molecule has 21 heavy (non-hydrogen) atoms. The summed E-state index contributed by atoms with van der Waals surface area (Å²) < 4.78 is 1.34. The van der Waals surface area contributed by atoms with Gasteiger partial charge < -0.3 is 10.0 Å². The third-order valence-electron chi connectivity index (χ3n) is 3.78. The van der Waals surface area contributed by atoms with Gasteiger partial charge in [0, 0.05) is 26.2 Å². The van der Waals surface area contributed by atoms with Gasteiger partial charge in [-0.2, -0.15) is 5.10 Å². The molecule has 0 spiro atoms. The van der Waals surface area contributed by atoms with E-state index in [1.807, 2.05) is 6.92 Å². The number of carbonyl (C=O) groups is 1. The van der Waals surface area contributed by atoms with Crippen molar-refractivity contribution in [3.05, 3.63) is 28.2 Å². The number of rotatable bonds is 7. The Kier molecular flexibility index (Phi) is 5.12. The number of aromatic nitrogens is 2. The Balaban J connectivity index is 2.05. The second-order valence-electron chi connectivity index (χ2n) is 5.72. The molecule has 1 aromatic rings. The van der Waals surface area contributed by atoms with Crippen LogP contribution in [0.1, 0.15) is 43.1 Å². The summed E-state index contributed by atoms with van der Waals surface area (Å²) in [5.74, 6) is 0.0617. The molecular formula is C15H23N3O3. The van der Waals surface area contributed by atoms with Crippen molar-refractivity contribution in [2.45, 2.75) is 45.3 Å². The van der Waals surface area contributed by atoms with Crippen molar-refractivity contribution in [2.75, 3.05) is 13.6 Å². The highest BCUT2D eigenvalue weighted by molar-refractivity contribution is 5.91. The van der Waals surface area contributed by atoms with Crippen molar-refractivity contribution in [3.8, 4) is 0 Å². The van der Waals surface area contributed by atoms with E-state index >= 15 is 0 Å². The number of nitrogens with zero attached hydrogens (tertiary/aromatic N) is 3. The number of aliphatic hydroxyl groups excluding tert-OH is 1. The van der Waals surface area contributed by atoms with E-state index in [0.717, 1.165) is 25.7 Å². The van der Waals surface area contributed by atoms with E-state index in [2.05, 4.69) is 5.10 Å². The molecule has 0 aliphatic heterocycles. The number of unbranched alkanes of at least 4 members (excludes halogenated alkanes) is 1. The lowest BCUT2D eigenvalue weighted by molar-refractivity contribution is 0.0637. The molecule has 1 unspecified atom stereocenters. The van der Waals surface area contributed by atoms with Crippen LogP contribution in [-0.4, -0.2) is 45.4 Å². The molecule has 1 amide bonds. The van der Waals surface area contributed by atoms with E-state index < -0.39 is 6.10 Å². The highest BCUT2D eigenvalue weighted by Gasteiger charge is 2.31. The molecule has 1 atom stereocenters. The van der Waals surface area contributed by atoms with Crippen LogP contribution in [0.5, 0.6) is 0 Å². The maximum Gasteiger partial charge on any atom is 0.274 e. The first-order valence-electron chi connectivity index (χ1n) is 7.54. The monoisotopic (exact) mass is 293 g/mol. The van der Waals surface area contributed by atoms with E-state index in [4.69, 9.17) is 0 Å². The minimum atomic E-state index is -0.468. The van der Waals surface area contributed by atoms with E-state index in [1.165, 1.54) is 21.7 Å². The molecule has 116 valence electrons. The largest absolute Gasteiger partial charge is 0.391 e. The van der Waals surface area contributed by atoms with E-state index in [9.17, 15) is 14.7 Å². The fourth-order valence-electron chi connectivity index (χ4n) is 2.22. The van der Waals surface area contributed by atoms with Gasteiger partial charge in [0.15, 0.2) is 0 Å². The van der Waals surface area contributed by atoms with Gasteiger partial charge in [0.1, 0.15) is 5.69 Å². The van der Waals surface area contributed by atoms with Gasteiger partial charge in [0.25, 0.3) is 11.5 Å². The molecule has 6 nitrogen and oxygen atoms in total. The number of aryl methyl sites for hydroxylation is 1. The fourth-order valence-corrected chi connectivity index (χ4v) is 2.22. The topological polar surface area (TPSA) is 75.4 Å². The van der Waals surface area contributed by atoms with Crippen LogP contribution in [-0.2, 0) is 6.54 Å². The van der Waals surface area contributed by atoms with E-state index in [0.29, 0.717) is 19.0 Å². The lowest BCUT2D eigenvalue weighted by Crippen LogP contribution is -2.37. The molecule has 0 aromatic carbocycles. The Bertz CT molecular complexity index is 551. The number of hydrogen-bond donors (Lipinski definition) is 1. The van der Waals surface area contributed by atoms with Gasteiger partial charge in [-0.05, 0) is 31.2 Å². The third-order valence-corrected chi connectivity index (χ3v) is 3.78. The standard InChI is InChI=1S/C15H23N3O3/c1-3-4-9-18-14(20)8-7-12(16-18)15(21)17(2)10-13(19)11-5-6-11/h7-8,11,13,19H,3-6,9-10H2,1-2H3. The number of carbonyl (C=O) groups excluding carboxylic acids is 1. The maximum absolute atomic E-state index is 12.3. The van der Waals surface area contributed by atoms with Crippen molar-refractivity contribution in [1.29, 1.82) is 0 Å². The van der Waals surface area contributed by atoms with Gasteiger partial charge in [-0.1, -0.05) is 13.3 Å². The summed E-state index contributed by atoms with van der Waals surface area (Å²) in [5.41, 5.74) is 0.0527. The van der Waals surface area contributed by atoms with E-state index in [1.54, 1.807) is 7.05 Å². The van der Waals surface area contributed by atoms with Crippen LogP contribution in [0.15, 0.2) is 16.9 Å². The van der Waals surface area contributed by atoms with Gasteiger partial charge in [-0.3, -0.25) is 9.59 Å². The fraction of sp³-hybridized carbons (Fsp3) is 0.667. The summed E-state index contributed by atoms with van der Waals surface area (Å²) in [6, 6.07) is 2.83. The molecule has 0 saturated heterocycles. The molecule has 2 rings (SSSR count). The van der Waals surface area contributed by atoms with Gasteiger partial charge in [0.2, 0.25) is 0 Å². The molecular weight excluding hydrogens is 270 g/mol.